The van der Waals surface area contributed by atoms with Gasteiger partial charge >= 0.3 is 5.97 Å². The van der Waals surface area contributed by atoms with Gasteiger partial charge in [0.05, 0.1) is 10.5 Å². The van der Waals surface area contributed by atoms with Crippen molar-refractivity contribution in [3.8, 4) is 6.07 Å². The van der Waals surface area contributed by atoms with E-state index in [2.05, 4.69) is 25.4 Å². The van der Waals surface area contributed by atoms with Crippen LogP contribution in [0.25, 0.3) is 0 Å². The number of carbonyl (C=O) groups excluding carboxylic acids is 1. The first-order chi connectivity index (χ1) is 10.9. The molecular formula is C15H11BrN2O4S. The fourth-order valence-electron chi connectivity index (χ4n) is 1.68. The van der Waals surface area contributed by atoms with Gasteiger partial charge in [0, 0.05) is 10.2 Å². The van der Waals surface area contributed by atoms with Crippen LogP contribution in [0.15, 0.2) is 57.9 Å². The average Bonchev–Trinajstić information content (AvgIpc) is 2.53. The molecule has 0 atom stereocenters. The topological polar surface area (TPSA) is 96.3 Å². The van der Waals surface area contributed by atoms with Gasteiger partial charge in [-0.15, -0.1) is 0 Å². The van der Waals surface area contributed by atoms with Crippen LogP contribution in [0.2, 0.25) is 0 Å². The fraction of sp³-hybridized carbons (Fsp3) is 0.0667. The standard InChI is InChI=1S/C15H11BrN2O4S/c16-12-3-7-14(8-4-12)23(20,21)18-13-5-1-11(2-6-13)15(19)22-10-9-17/h1-8,18H,10H2. The van der Waals surface area contributed by atoms with E-state index < -0.39 is 16.0 Å². The first-order valence-corrected chi connectivity index (χ1v) is 8.62. The number of nitrogens with one attached hydrogen (secondary N) is 1. The predicted molar refractivity (Wildman–Crippen MR) is 87.3 cm³/mol. The van der Waals surface area contributed by atoms with Gasteiger partial charge in [-0.25, -0.2) is 13.2 Å². The van der Waals surface area contributed by atoms with E-state index in [1.807, 2.05) is 0 Å². The molecular weight excluding hydrogens is 384 g/mol. The Morgan fingerprint density at radius 3 is 2.30 bits per heavy atom. The summed E-state index contributed by atoms with van der Waals surface area (Å²) in [5.74, 6) is -0.645. The molecule has 23 heavy (non-hydrogen) atoms. The molecule has 0 radical (unpaired) electrons. The zero-order valence-corrected chi connectivity index (χ0v) is 14.1. The molecule has 1 N–H and O–H groups in total. The van der Waals surface area contributed by atoms with Gasteiger partial charge in [-0.3, -0.25) is 4.72 Å². The highest BCUT2D eigenvalue weighted by Crippen LogP contribution is 2.19. The lowest BCUT2D eigenvalue weighted by Crippen LogP contribution is -2.13. The summed E-state index contributed by atoms with van der Waals surface area (Å²) in [4.78, 5) is 11.7. The lowest BCUT2D eigenvalue weighted by atomic mass is 10.2. The van der Waals surface area contributed by atoms with Crippen molar-refractivity contribution in [3.63, 3.8) is 0 Å². The van der Waals surface area contributed by atoms with E-state index in [0.717, 1.165) is 4.47 Å². The Kier molecular flexibility index (Phi) is 5.36. The molecule has 0 saturated heterocycles. The maximum atomic E-state index is 12.2. The van der Waals surface area contributed by atoms with Crippen LogP contribution in [0.4, 0.5) is 5.69 Å². The largest absolute Gasteiger partial charge is 0.447 e. The van der Waals surface area contributed by atoms with Crippen molar-refractivity contribution in [2.45, 2.75) is 4.90 Å². The van der Waals surface area contributed by atoms with Crippen molar-refractivity contribution in [3.05, 3.63) is 58.6 Å². The highest BCUT2D eigenvalue weighted by Gasteiger charge is 2.14. The minimum Gasteiger partial charge on any atom is -0.447 e. The molecule has 0 saturated carbocycles. The van der Waals surface area contributed by atoms with Gasteiger partial charge in [-0.05, 0) is 48.5 Å². The Morgan fingerprint density at radius 1 is 1.13 bits per heavy atom. The van der Waals surface area contributed by atoms with Crippen LogP contribution in [-0.2, 0) is 14.8 Å². The van der Waals surface area contributed by atoms with E-state index in [0.29, 0.717) is 5.69 Å². The molecule has 0 aliphatic carbocycles. The molecule has 0 aliphatic heterocycles. The van der Waals surface area contributed by atoms with Gasteiger partial charge in [-0.1, -0.05) is 15.9 Å². The smallest absolute Gasteiger partial charge is 0.339 e. The second kappa shape index (κ2) is 7.26. The maximum absolute atomic E-state index is 12.2. The van der Waals surface area contributed by atoms with Crippen LogP contribution >= 0.6 is 15.9 Å². The molecule has 2 rings (SSSR count). The minimum absolute atomic E-state index is 0.123. The van der Waals surface area contributed by atoms with Crippen LogP contribution in [0.5, 0.6) is 0 Å². The minimum atomic E-state index is -3.71. The zero-order valence-electron chi connectivity index (χ0n) is 11.7. The van der Waals surface area contributed by atoms with Gasteiger partial charge in [0.1, 0.15) is 6.07 Å². The number of hydrogen-bond donors (Lipinski definition) is 1. The number of sulfonamides is 1. The van der Waals surface area contributed by atoms with E-state index in [1.54, 1.807) is 18.2 Å². The summed E-state index contributed by atoms with van der Waals surface area (Å²) in [5, 5.41) is 8.35. The van der Waals surface area contributed by atoms with Crippen molar-refractivity contribution in [1.82, 2.24) is 0 Å². The van der Waals surface area contributed by atoms with Gasteiger partial charge in [0.25, 0.3) is 10.0 Å². The van der Waals surface area contributed by atoms with E-state index in [-0.39, 0.29) is 17.1 Å². The summed E-state index contributed by atoms with van der Waals surface area (Å²) < 4.78 is 32.3. The first kappa shape index (κ1) is 17.0. The highest BCUT2D eigenvalue weighted by atomic mass is 79.9. The third-order valence-corrected chi connectivity index (χ3v) is 4.69. The average molecular weight is 395 g/mol. The number of carbonyl (C=O) groups is 1. The number of hydrogen-bond acceptors (Lipinski definition) is 5. The second-order valence-corrected chi connectivity index (χ2v) is 6.97. The lowest BCUT2D eigenvalue weighted by Gasteiger charge is -2.08. The summed E-state index contributed by atoms with van der Waals surface area (Å²) in [6.07, 6.45) is 0. The maximum Gasteiger partial charge on any atom is 0.339 e. The quantitative estimate of drug-likeness (QED) is 0.786. The molecule has 0 bridgehead atoms. The first-order valence-electron chi connectivity index (χ1n) is 6.35. The molecule has 0 amide bonds. The number of ether oxygens (including phenoxy) is 1. The van der Waals surface area contributed by atoms with Gasteiger partial charge in [0.2, 0.25) is 0 Å². The number of esters is 1. The summed E-state index contributed by atoms with van der Waals surface area (Å²) in [7, 11) is -3.71. The third kappa shape index (κ3) is 4.55. The molecule has 0 unspecified atom stereocenters. The lowest BCUT2D eigenvalue weighted by molar-refractivity contribution is 0.0555. The number of nitriles is 1. The Morgan fingerprint density at radius 2 is 1.74 bits per heavy atom. The van der Waals surface area contributed by atoms with Crippen molar-refractivity contribution in [2.24, 2.45) is 0 Å². The Labute approximate surface area is 141 Å². The number of anilines is 1. The van der Waals surface area contributed by atoms with Crippen LogP contribution in [0.3, 0.4) is 0 Å². The van der Waals surface area contributed by atoms with Crippen molar-refractivity contribution < 1.29 is 17.9 Å². The molecule has 0 aliphatic rings. The monoisotopic (exact) mass is 394 g/mol. The molecule has 0 aromatic heterocycles. The molecule has 118 valence electrons. The summed E-state index contributed by atoms with van der Waals surface area (Å²) in [5.41, 5.74) is 0.539. The van der Waals surface area contributed by atoms with E-state index in [1.165, 1.54) is 36.4 Å². The van der Waals surface area contributed by atoms with Crippen molar-refractivity contribution >= 4 is 37.6 Å². The Hall–Kier alpha value is -2.37. The van der Waals surface area contributed by atoms with Gasteiger partial charge in [-0.2, -0.15) is 5.26 Å². The fourth-order valence-corrected chi connectivity index (χ4v) is 3.01. The number of benzene rings is 2. The number of nitrogens with zero attached hydrogens (tertiary/aromatic N) is 1. The number of halogens is 1. The summed E-state index contributed by atoms with van der Waals surface area (Å²) in [6, 6.07) is 13.6. The SMILES string of the molecule is N#CCOC(=O)c1ccc(NS(=O)(=O)c2ccc(Br)cc2)cc1. The molecule has 0 fully saturated rings. The van der Waals surface area contributed by atoms with Crippen LogP contribution in [0.1, 0.15) is 10.4 Å². The third-order valence-electron chi connectivity index (χ3n) is 2.76. The van der Waals surface area contributed by atoms with Crippen molar-refractivity contribution in [2.75, 3.05) is 11.3 Å². The second-order valence-electron chi connectivity index (χ2n) is 4.37. The molecule has 6 nitrogen and oxygen atoms in total. The van der Waals surface area contributed by atoms with Crippen molar-refractivity contribution in [1.29, 1.82) is 5.26 Å². The van der Waals surface area contributed by atoms with Crippen LogP contribution in [0, 0.1) is 11.3 Å². The van der Waals surface area contributed by atoms with Crippen LogP contribution in [-0.4, -0.2) is 21.0 Å². The van der Waals surface area contributed by atoms with E-state index >= 15 is 0 Å². The predicted octanol–water partition coefficient (Wildman–Crippen LogP) is 2.93. The Bertz CT molecular complexity index is 841. The summed E-state index contributed by atoms with van der Waals surface area (Å²) >= 11 is 3.24. The molecule has 2 aromatic rings. The Balaban J connectivity index is 2.13. The molecule has 0 spiro atoms. The highest BCUT2D eigenvalue weighted by molar-refractivity contribution is 9.10. The zero-order chi connectivity index (χ0) is 16.9. The number of rotatable bonds is 5. The summed E-state index contributed by atoms with van der Waals surface area (Å²) in [6.45, 7) is -0.337. The molecule has 8 heteroatoms. The van der Waals surface area contributed by atoms with Gasteiger partial charge < -0.3 is 4.74 Å². The molecule has 2 aromatic carbocycles. The van der Waals surface area contributed by atoms with Crippen LogP contribution < -0.4 is 4.72 Å². The molecule has 0 heterocycles. The van der Waals surface area contributed by atoms with Gasteiger partial charge in [0.15, 0.2) is 6.61 Å². The van der Waals surface area contributed by atoms with E-state index in [4.69, 9.17) is 5.26 Å². The normalized spacial score (nSPS) is 10.6. The van der Waals surface area contributed by atoms with E-state index in [9.17, 15) is 13.2 Å².